The molecule has 3 aromatic rings. The van der Waals surface area contributed by atoms with E-state index < -0.39 is 11.7 Å². The molecular formula is C24H25F3N2O3. The number of ether oxygens (including phenoxy) is 1. The van der Waals surface area contributed by atoms with Crippen molar-refractivity contribution in [3.05, 3.63) is 77.2 Å². The molecule has 5 nitrogen and oxygen atoms in total. The Kier molecular flexibility index (Phi) is 7.71. The van der Waals surface area contributed by atoms with Gasteiger partial charge < -0.3 is 14.4 Å². The monoisotopic (exact) mass is 446 g/mol. The molecule has 2 N–H and O–H groups in total. The second kappa shape index (κ2) is 10.5. The van der Waals surface area contributed by atoms with E-state index in [-0.39, 0.29) is 12.5 Å². The quantitative estimate of drug-likeness (QED) is 0.372. The van der Waals surface area contributed by atoms with E-state index in [4.69, 9.17) is 14.4 Å². The Morgan fingerprint density at radius 1 is 1.19 bits per heavy atom. The molecule has 0 saturated heterocycles. The maximum absolute atomic E-state index is 12.8. The molecule has 0 aliphatic carbocycles. The standard InChI is InChI=1S/C24H25F3N2O3/c1-3-5-17(12-13-28-30)19-6-4-7-21(14-19)31-15-22-16(2)32-23(29-22)18-8-10-20(11-9-18)24(25,26)27/h4,6-12,14,28,30H,3,5,13,15H2,1-2H3/b17-12+. The summed E-state index contributed by atoms with van der Waals surface area (Å²) in [4.78, 5) is 4.39. The van der Waals surface area contributed by atoms with Crippen LogP contribution in [0.4, 0.5) is 13.2 Å². The summed E-state index contributed by atoms with van der Waals surface area (Å²) in [5.41, 5.74) is 4.54. The van der Waals surface area contributed by atoms with Crippen LogP contribution in [0.3, 0.4) is 0 Å². The summed E-state index contributed by atoms with van der Waals surface area (Å²) in [5, 5.41) is 8.87. The number of hydrogen-bond acceptors (Lipinski definition) is 5. The first-order valence-electron chi connectivity index (χ1n) is 10.2. The number of halogens is 3. The molecule has 170 valence electrons. The largest absolute Gasteiger partial charge is 0.487 e. The molecule has 0 radical (unpaired) electrons. The van der Waals surface area contributed by atoms with Gasteiger partial charge in [0, 0.05) is 12.1 Å². The molecule has 32 heavy (non-hydrogen) atoms. The third-order valence-corrected chi connectivity index (χ3v) is 4.89. The lowest BCUT2D eigenvalue weighted by Gasteiger charge is -2.10. The average Bonchev–Trinajstić information content (AvgIpc) is 3.15. The van der Waals surface area contributed by atoms with E-state index in [0.29, 0.717) is 29.3 Å². The Hall–Kier alpha value is -3.10. The highest BCUT2D eigenvalue weighted by Crippen LogP contribution is 2.31. The smallest absolute Gasteiger partial charge is 0.416 e. The molecule has 0 fully saturated rings. The Balaban J connectivity index is 1.72. The minimum absolute atomic E-state index is 0.157. The minimum Gasteiger partial charge on any atom is -0.487 e. The number of aryl methyl sites for hydroxylation is 1. The van der Waals surface area contributed by atoms with E-state index >= 15 is 0 Å². The van der Waals surface area contributed by atoms with Gasteiger partial charge in [-0.15, -0.1) is 0 Å². The summed E-state index contributed by atoms with van der Waals surface area (Å²) < 4.78 is 49.8. The fraction of sp³-hybridized carbons (Fsp3) is 0.292. The predicted octanol–water partition coefficient (Wildman–Crippen LogP) is 6.41. The molecule has 8 heteroatoms. The van der Waals surface area contributed by atoms with Crippen LogP contribution in [0.5, 0.6) is 5.75 Å². The minimum atomic E-state index is -4.39. The number of rotatable bonds is 9. The van der Waals surface area contributed by atoms with Crippen molar-refractivity contribution in [2.24, 2.45) is 0 Å². The Morgan fingerprint density at radius 3 is 2.59 bits per heavy atom. The van der Waals surface area contributed by atoms with Gasteiger partial charge in [-0.3, -0.25) is 0 Å². The molecule has 0 aliphatic rings. The first-order chi connectivity index (χ1) is 15.3. The zero-order valence-corrected chi connectivity index (χ0v) is 17.9. The highest BCUT2D eigenvalue weighted by Gasteiger charge is 2.30. The fourth-order valence-corrected chi connectivity index (χ4v) is 3.23. The van der Waals surface area contributed by atoms with Gasteiger partial charge in [0.2, 0.25) is 5.89 Å². The maximum Gasteiger partial charge on any atom is 0.416 e. The zero-order chi connectivity index (χ0) is 23.1. The van der Waals surface area contributed by atoms with Crippen molar-refractivity contribution in [2.45, 2.75) is 39.5 Å². The summed E-state index contributed by atoms with van der Waals surface area (Å²) in [6.07, 6.45) is -0.628. The molecule has 0 saturated carbocycles. The van der Waals surface area contributed by atoms with Crippen LogP contribution in [0.15, 0.2) is 59.0 Å². The normalized spacial score (nSPS) is 12.2. The number of allylic oxidation sites excluding steroid dienone is 1. The molecule has 0 aliphatic heterocycles. The van der Waals surface area contributed by atoms with Crippen LogP contribution in [-0.4, -0.2) is 16.7 Å². The van der Waals surface area contributed by atoms with Crippen molar-refractivity contribution < 1.29 is 27.5 Å². The molecule has 0 unspecified atom stereocenters. The first kappa shape index (κ1) is 23.6. The second-order valence-corrected chi connectivity index (χ2v) is 7.26. The van der Waals surface area contributed by atoms with Crippen molar-refractivity contribution >= 4 is 5.57 Å². The summed E-state index contributed by atoms with van der Waals surface area (Å²) in [7, 11) is 0. The van der Waals surface area contributed by atoms with E-state index in [2.05, 4.69) is 17.4 Å². The number of nitrogens with zero attached hydrogens (tertiary/aromatic N) is 1. The van der Waals surface area contributed by atoms with Crippen molar-refractivity contribution in [2.75, 3.05) is 6.54 Å². The molecule has 0 amide bonds. The molecule has 3 rings (SSSR count). The van der Waals surface area contributed by atoms with Gasteiger partial charge in [0.05, 0.1) is 5.56 Å². The van der Waals surface area contributed by atoms with Crippen LogP contribution in [-0.2, 0) is 12.8 Å². The van der Waals surface area contributed by atoms with Gasteiger partial charge in [-0.25, -0.2) is 10.5 Å². The van der Waals surface area contributed by atoms with E-state index in [9.17, 15) is 13.2 Å². The van der Waals surface area contributed by atoms with E-state index in [1.807, 2.05) is 30.3 Å². The third kappa shape index (κ3) is 5.99. The molecule has 0 atom stereocenters. The number of oxazole rings is 1. The van der Waals surface area contributed by atoms with Gasteiger partial charge >= 0.3 is 6.18 Å². The van der Waals surface area contributed by atoms with Crippen molar-refractivity contribution in [1.29, 1.82) is 0 Å². The Morgan fingerprint density at radius 2 is 1.94 bits per heavy atom. The van der Waals surface area contributed by atoms with Gasteiger partial charge in [0.1, 0.15) is 23.8 Å². The predicted molar refractivity (Wildman–Crippen MR) is 115 cm³/mol. The molecule has 1 aromatic heterocycles. The van der Waals surface area contributed by atoms with Gasteiger partial charge in [-0.2, -0.15) is 13.2 Å². The summed E-state index contributed by atoms with van der Waals surface area (Å²) in [5.74, 6) is 1.44. The van der Waals surface area contributed by atoms with Crippen molar-refractivity contribution in [3.8, 4) is 17.2 Å². The molecule has 0 bridgehead atoms. The maximum atomic E-state index is 12.8. The fourth-order valence-electron chi connectivity index (χ4n) is 3.23. The lowest BCUT2D eigenvalue weighted by atomic mass is 10.0. The van der Waals surface area contributed by atoms with Gasteiger partial charge in [-0.05, 0) is 60.9 Å². The summed E-state index contributed by atoms with van der Waals surface area (Å²) >= 11 is 0. The topological polar surface area (TPSA) is 67.5 Å². The first-order valence-corrected chi connectivity index (χ1v) is 10.2. The van der Waals surface area contributed by atoms with Crippen LogP contribution in [0.1, 0.15) is 42.3 Å². The third-order valence-electron chi connectivity index (χ3n) is 4.89. The Bertz CT molecular complexity index is 1060. The summed E-state index contributed by atoms with van der Waals surface area (Å²) in [6, 6.07) is 12.3. The number of alkyl halides is 3. The van der Waals surface area contributed by atoms with Gasteiger partial charge in [0.15, 0.2) is 0 Å². The molecule has 1 heterocycles. The van der Waals surface area contributed by atoms with Gasteiger partial charge in [-0.1, -0.05) is 31.6 Å². The average molecular weight is 446 g/mol. The van der Waals surface area contributed by atoms with Gasteiger partial charge in [0.25, 0.3) is 0 Å². The van der Waals surface area contributed by atoms with E-state index in [1.165, 1.54) is 12.1 Å². The highest BCUT2D eigenvalue weighted by molar-refractivity contribution is 5.66. The molecule has 0 spiro atoms. The molecule has 2 aromatic carbocycles. The van der Waals surface area contributed by atoms with Crippen LogP contribution in [0.25, 0.3) is 17.0 Å². The van der Waals surface area contributed by atoms with Crippen LogP contribution < -0.4 is 10.2 Å². The number of hydroxylamine groups is 1. The van der Waals surface area contributed by atoms with Crippen molar-refractivity contribution in [3.63, 3.8) is 0 Å². The van der Waals surface area contributed by atoms with E-state index in [1.54, 1.807) is 6.92 Å². The second-order valence-electron chi connectivity index (χ2n) is 7.26. The highest BCUT2D eigenvalue weighted by atomic mass is 19.4. The van der Waals surface area contributed by atoms with E-state index in [0.717, 1.165) is 36.1 Å². The lowest BCUT2D eigenvalue weighted by Crippen LogP contribution is -2.06. The Labute approximate surface area is 184 Å². The van der Waals surface area contributed by atoms with Crippen LogP contribution in [0.2, 0.25) is 0 Å². The van der Waals surface area contributed by atoms with Crippen LogP contribution in [0, 0.1) is 6.92 Å². The number of hydrogen-bond donors (Lipinski definition) is 2. The number of benzene rings is 2. The molecular weight excluding hydrogens is 421 g/mol. The van der Waals surface area contributed by atoms with Crippen molar-refractivity contribution in [1.82, 2.24) is 10.5 Å². The lowest BCUT2D eigenvalue weighted by molar-refractivity contribution is -0.137. The van der Waals surface area contributed by atoms with Crippen LogP contribution >= 0.6 is 0 Å². The zero-order valence-electron chi connectivity index (χ0n) is 17.9. The SMILES string of the molecule is CCC/C(=C\CNO)c1cccc(OCc2nc(-c3ccc(C(F)(F)F)cc3)oc2C)c1. The summed E-state index contributed by atoms with van der Waals surface area (Å²) in [6.45, 7) is 4.33. The number of nitrogens with one attached hydrogen (secondary N) is 1. The number of aromatic nitrogens is 1.